The van der Waals surface area contributed by atoms with Crippen molar-refractivity contribution in [1.29, 1.82) is 0 Å². The van der Waals surface area contributed by atoms with Gasteiger partial charge in [-0.1, -0.05) is 29.5 Å². The number of pyridine rings is 1. The molecule has 1 aromatic carbocycles. The number of nitrogens with zero attached hydrogens (tertiary/aromatic N) is 5. The summed E-state index contributed by atoms with van der Waals surface area (Å²) in [5, 5.41) is 14.2. The van der Waals surface area contributed by atoms with Gasteiger partial charge in [-0.15, -0.1) is 10.2 Å². The minimum Gasteiger partial charge on any atom is -0.383 e. The average Bonchev–Trinajstić information content (AvgIpc) is 3.16. The van der Waals surface area contributed by atoms with Crippen LogP contribution in [0.2, 0.25) is 0 Å². The molecule has 27 heavy (non-hydrogen) atoms. The second-order valence-electron chi connectivity index (χ2n) is 5.51. The largest absolute Gasteiger partial charge is 0.383 e. The number of fused-ring (bicyclic) bond motifs is 1. The zero-order valence-electron chi connectivity index (χ0n) is 14.5. The van der Waals surface area contributed by atoms with E-state index in [-0.39, 0.29) is 0 Å². The van der Waals surface area contributed by atoms with Gasteiger partial charge in [0.25, 0.3) is 0 Å². The second-order valence-corrected chi connectivity index (χ2v) is 7.72. The maximum atomic E-state index is 5.04. The first-order chi connectivity index (χ1) is 13.3. The van der Waals surface area contributed by atoms with Crippen LogP contribution in [-0.2, 0) is 4.74 Å². The van der Waals surface area contributed by atoms with E-state index in [1.807, 2.05) is 36.4 Å². The van der Waals surface area contributed by atoms with Crippen LogP contribution in [0.25, 0.3) is 22.3 Å². The van der Waals surface area contributed by atoms with E-state index in [0.717, 1.165) is 31.0 Å². The maximum Gasteiger partial charge on any atom is 0.206 e. The number of nitrogens with one attached hydrogen (secondary N) is 1. The highest BCUT2D eigenvalue weighted by molar-refractivity contribution is 8.01. The first-order valence-electron chi connectivity index (χ1n) is 8.25. The summed E-state index contributed by atoms with van der Waals surface area (Å²) < 4.78 is 5.85. The summed E-state index contributed by atoms with van der Waals surface area (Å²) >= 11 is 2.98. The van der Waals surface area contributed by atoms with Crippen LogP contribution >= 0.6 is 23.1 Å². The van der Waals surface area contributed by atoms with Gasteiger partial charge in [0.05, 0.1) is 12.1 Å². The van der Waals surface area contributed by atoms with E-state index >= 15 is 0 Å². The second kappa shape index (κ2) is 8.38. The van der Waals surface area contributed by atoms with E-state index in [2.05, 4.69) is 25.5 Å². The zero-order chi connectivity index (χ0) is 18.5. The van der Waals surface area contributed by atoms with E-state index in [0.29, 0.717) is 19.0 Å². The molecule has 4 aromatic rings. The van der Waals surface area contributed by atoms with Crippen LogP contribution < -0.4 is 5.32 Å². The van der Waals surface area contributed by atoms with Gasteiger partial charge in [-0.25, -0.2) is 9.97 Å². The highest BCUT2D eigenvalue weighted by atomic mass is 32.2. The molecule has 0 saturated heterocycles. The summed E-state index contributed by atoms with van der Waals surface area (Å²) in [5.74, 6) is 0.646. The molecule has 0 amide bonds. The van der Waals surface area contributed by atoms with E-state index in [1.54, 1.807) is 19.5 Å². The number of para-hydroxylation sites is 1. The van der Waals surface area contributed by atoms with Crippen LogP contribution in [0.15, 0.2) is 58.2 Å². The number of methoxy groups -OCH3 is 1. The van der Waals surface area contributed by atoms with E-state index in [1.165, 1.54) is 23.1 Å². The lowest BCUT2D eigenvalue weighted by Gasteiger charge is -2.07. The summed E-state index contributed by atoms with van der Waals surface area (Å²) in [7, 11) is 1.67. The molecule has 3 heterocycles. The zero-order valence-corrected chi connectivity index (χ0v) is 16.1. The highest BCUT2D eigenvalue weighted by Crippen LogP contribution is 2.35. The van der Waals surface area contributed by atoms with Crippen molar-refractivity contribution in [1.82, 2.24) is 25.1 Å². The third-order valence-electron chi connectivity index (χ3n) is 3.66. The first-order valence-corrected chi connectivity index (χ1v) is 9.88. The Morgan fingerprint density at radius 2 is 2.04 bits per heavy atom. The minimum absolute atomic E-state index is 0.618. The van der Waals surface area contributed by atoms with Crippen LogP contribution in [0, 0.1) is 0 Å². The molecule has 7 nitrogen and oxygen atoms in total. The molecule has 9 heteroatoms. The van der Waals surface area contributed by atoms with Gasteiger partial charge in [-0.05, 0) is 30.0 Å². The minimum atomic E-state index is 0.618. The van der Waals surface area contributed by atoms with Gasteiger partial charge < -0.3 is 10.1 Å². The van der Waals surface area contributed by atoms with Gasteiger partial charge in [0, 0.05) is 37.0 Å². The maximum absolute atomic E-state index is 5.04. The Balaban J connectivity index is 1.66. The number of rotatable bonds is 7. The molecule has 0 spiro atoms. The number of aromatic nitrogens is 5. The molecule has 3 aromatic heterocycles. The fourth-order valence-corrected chi connectivity index (χ4v) is 4.22. The van der Waals surface area contributed by atoms with E-state index in [4.69, 9.17) is 9.72 Å². The van der Waals surface area contributed by atoms with Crippen molar-refractivity contribution in [2.75, 3.05) is 25.6 Å². The lowest BCUT2D eigenvalue weighted by molar-refractivity contribution is 0.211. The number of anilines is 1. The molecule has 0 saturated carbocycles. The standard InChI is InChI=1S/C18H16N6OS2/c1-25-10-9-20-17-23-24-18(27-17)26-16-13-6-2-3-7-14(13)21-15(22-16)12-5-4-8-19-11-12/h2-8,11H,9-10H2,1H3,(H,20,23). The van der Waals surface area contributed by atoms with Crippen molar-refractivity contribution in [3.05, 3.63) is 48.8 Å². The molecule has 0 unspecified atom stereocenters. The van der Waals surface area contributed by atoms with Gasteiger partial charge in [0.1, 0.15) is 5.03 Å². The number of hydrogen-bond acceptors (Lipinski definition) is 9. The molecular formula is C18H16N6OS2. The number of benzene rings is 1. The van der Waals surface area contributed by atoms with Gasteiger partial charge in [0.15, 0.2) is 10.2 Å². The van der Waals surface area contributed by atoms with Crippen LogP contribution in [0.4, 0.5) is 5.13 Å². The third kappa shape index (κ3) is 4.21. The van der Waals surface area contributed by atoms with E-state index < -0.39 is 0 Å². The fraction of sp³-hybridized carbons (Fsp3) is 0.167. The molecule has 0 aliphatic rings. The fourth-order valence-electron chi connectivity index (χ4n) is 2.41. The Morgan fingerprint density at radius 3 is 2.89 bits per heavy atom. The Morgan fingerprint density at radius 1 is 1.11 bits per heavy atom. The summed E-state index contributed by atoms with van der Waals surface area (Å²) in [4.78, 5) is 13.6. The van der Waals surface area contributed by atoms with Crippen molar-refractivity contribution in [3.8, 4) is 11.4 Å². The molecule has 0 fully saturated rings. The van der Waals surface area contributed by atoms with Crippen LogP contribution in [0.5, 0.6) is 0 Å². The topological polar surface area (TPSA) is 85.7 Å². The lowest BCUT2D eigenvalue weighted by atomic mass is 10.2. The van der Waals surface area contributed by atoms with Crippen molar-refractivity contribution >= 4 is 39.1 Å². The summed E-state index contributed by atoms with van der Waals surface area (Å²) in [6, 6.07) is 11.8. The first kappa shape index (κ1) is 17.8. The Bertz CT molecular complexity index is 1040. The quantitative estimate of drug-likeness (QED) is 0.373. The van der Waals surface area contributed by atoms with Crippen LogP contribution in [0.3, 0.4) is 0 Å². The van der Waals surface area contributed by atoms with E-state index in [9.17, 15) is 0 Å². The third-order valence-corrected chi connectivity index (χ3v) is 5.60. The molecule has 4 rings (SSSR count). The Labute approximate surface area is 164 Å². The predicted molar refractivity (Wildman–Crippen MR) is 107 cm³/mol. The molecule has 0 atom stereocenters. The number of ether oxygens (including phenoxy) is 1. The van der Waals surface area contributed by atoms with Crippen molar-refractivity contribution in [3.63, 3.8) is 0 Å². The average molecular weight is 397 g/mol. The summed E-state index contributed by atoms with van der Waals surface area (Å²) in [6.45, 7) is 1.31. The Kier molecular flexibility index (Phi) is 5.52. The van der Waals surface area contributed by atoms with Crippen LogP contribution in [0.1, 0.15) is 0 Å². The number of hydrogen-bond donors (Lipinski definition) is 1. The molecule has 0 aliphatic heterocycles. The Hall–Kier alpha value is -2.62. The molecule has 0 radical (unpaired) electrons. The monoisotopic (exact) mass is 396 g/mol. The lowest BCUT2D eigenvalue weighted by Crippen LogP contribution is -2.06. The molecule has 136 valence electrons. The summed E-state index contributed by atoms with van der Waals surface area (Å²) in [5.41, 5.74) is 1.76. The van der Waals surface area contributed by atoms with Gasteiger partial charge in [0.2, 0.25) is 5.13 Å². The van der Waals surface area contributed by atoms with Gasteiger partial charge in [-0.3, -0.25) is 4.98 Å². The van der Waals surface area contributed by atoms with Gasteiger partial charge >= 0.3 is 0 Å². The van der Waals surface area contributed by atoms with Gasteiger partial charge in [-0.2, -0.15) is 0 Å². The summed E-state index contributed by atoms with van der Waals surface area (Å²) in [6.07, 6.45) is 3.50. The van der Waals surface area contributed by atoms with Crippen molar-refractivity contribution in [2.45, 2.75) is 9.37 Å². The normalized spacial score (nSPS) is 11.0. The van der Waals surface area contributed by atoms with Crippen LogP contribution in [-0.4, -0.2) is 45.4 Å². The molecule has 0 aliphatic carbocycles. The highest BCUT2D eigenvalue weighted by Gasteiger charge is 2.13. The van der Waals surface area contributed by atoms with Crippen molar-refractivity contribution in [2.24, 2.45) is 0 Å². The molecular weight excluding hydrogens is 380 g/mol. The predicted octanol–water partition coefficient (Wildman–Crippen LogP) is 3.75. The SMILES string of the molecule is COCCNc1nnc(Sc2nc(-c3cccnc3)nc3ccccc23)s1. The smallest absolute Gasteiger partial charge is 0.206 e. The van der Waals surface area contributed by atoms with Crippen molar-refractivity contribution < 1.29 is 4.74 Å². The molecule has 0 bridgehead atoms. The molecule has 1 N–H and O–H groups in total.